The van der Waals surface area contributed by atoms with Gasteiger partial charge in [-0.25, -0.2) is 0 Å². The van der Waals surface area contributed by atoms with E-state index in [9.17, 15) is 31.2 Å². The summed E-state index contributed by atoms with van der Waals surface area (Å²) in [6.07, 6.45) is 2.41. The van der Waals surface area contributed by atoms with Crippen molar-refractivity contribution in [2.24, 2.45) is 11.3 Å². The molecule has 0 heterocycles. The van der Waals surface area contributed by atoms with Gasteiger partial charge in [-0.2, -0.15) is 21.6 Å². The van der Waals surface area contributed by atoms with Gasteiger partial charge in [-0.15, -0.1) is 0 Å². The van der Waals surface area contributed by atoms with E-state index in [2.05, 4.69) is 43.3 Å². The van der Waals surface area contributed by atoms with Crippen LogP contribution in [-0.2, 0) is 17.5 Å². The molecule has 0 radical (unpaired) electrons. The van der Waals surface area contributed by atoms with Crippen molar-refractivity contribution < 1.29 is 41.4 Å². The predicted molar refractivity (Wildman–Crippen MR) is 165 cm³/mol. The molecule has 0 atom stereocenters. The van der Waals surface area contributed by atoms with Gasteiger partial charge in [0.2, 0.25) is 0 Å². The summed E-state index contributed by atoms with van der Waals surface area (Å²) < 4.78 is 64.8. The molecular weight excluding hydrogens is 604 g/mol. The van der Waals surface area contributed by atoms with Gasteiger partial charge in [0.25, 0.3) is 14.5 Å². The van der Waals surface area contributed by atoms with Crippen LogP contribution < -0.4 is 21.3 Å². The monoisotopic (exact) mass is 647 g/mol. The van der Waals surface area contributed by atoms with Crippen LogP contribution in [0.4, 0.5) is 27.3 Å². The van der Waals surface area contributed by atoms with Crippen LogP contribution in [0, 0.1) is 11.3 Å². The van der Waals surface area contributed by atoms with Crippen molar-refractivity contribution in [3.8, 4) is 0 Å². The van der Waals surface area contributed by atoms with E-state index in [1.165, 1.54) is 44.2 Å². The molecule has 13 heteroatoms. The van der Waals surface area contributed by atoms with E-state index in [1.54, 1.807) is 12.1 Å². The fraction of sp³-hybridized carbons (Fsp3) is 0.484. The molecule has 0 aromatic heterocycles. The quantitative estimate of drug-likeness (QED) is 0.134. The number of carbonyl (C=O) groups is 2. The molecule has 1 saturated carbocycles. The van der Waals surface area contributed by atoms with Gasteiger partial charge in [0.1, 0.15) is 0 Å². The summed E-state index contributed by atoms with van der Waals surface area (Å²) in [6.45, 7) is 10.9. The maximum atomic E-state index is 13.0. The number of aliphatic hydroxyl groups excluding tert-OH is 1. The molecule has 0 aliphatic heterocycles. The lowest BCUT2D eigenvalue weighted by atomic mass is 9.72. The number of benzene rings is 2. The Kier molecular flexibility index (Phi) is 16.3. The number of anilines is 1. The standard InChI is InChI=1S/C20H19F5N3O3P.C10H20.CH4O/c1-12(28-16-8-15(20(21,22)23)9-17(10-16)32(24)25)27-11-13-2-4-14(5-3-13)19(31)26-7-6-18(29)30;1-10(2,3)9-7-5-4-6-8-9;1-2/h2-5,8-10,27-28H,1,6-7,11H2,(H,26,31)(H,29,30);9H,4-8H2,1-3H3;2H,1H3. The fourth-order valence-corrected chi connectivity index (χ4v) is 4.97. The number of carbonyl (C=O) groups excluding carboxylic acids is 1. The summed E-state index contributed by atoms with van der Waals surface area (Å²) in [4.78, 5) is 22.4. The minimum absolute atomic E-state index is 0.00700. The van der Waals surface area contributed by atoms with E-state index in [0.29, 0.717) is 28.7 Å². The Morgan fingerprint density at radius 3 is 2.02 bits per heavy atom. The van der Waals surface area contributed by atoms with E-state index < -0.39 is 37.5 Å². The highest BCUT2D eigenvalue weighted by atomic mass is 31.2. The maximum Gasteiger partial charge on any atom is 0.416 e. The van der Waals surface area contributed by atoms with Gasteiger partial charge in [0.15, 0.2) is 0 Å². The first kappa shape index (κ1) is 38.8. The number of amides is 1. The molecule has 2 aromatic carbocycles. The molecule has 0 spiro atoms. The topological polar surface area (TPSA) is 111 Å². The second-order valence-corrected chi connectivity index (χ2v) is 12.2. The number of hydrogen-bond acceptors (Lipinski definition) is 5. The molecule has 1 amide bonds. The third-order valence-electron chi connectivity index (χ3n) is 6.91. The second-order valence-electron chi connectivity index (χ2n) is 11.3. The summed E-state index contributed by atoms with van der Waals surface area (Å²) in [5, 5.41) is 22.7. The average molecular weight is 648 g/mol. The number of carboxylic acid groups (broad SMARTS) is 1. The van der Waals surface area contributed by atoms with Crippen LogP contribution in [0.1, 0.15) is 80.8 Å². The molecule has 0 saturated heterocycles. The smallest absolute Gasteiger partial charge is 0.416 e. The molecule has 1 fully saturated rings. The molecule has 1 aliphatic carbocycles. The molecule has 0 unspecified atom stereocenters. The van der Waals surface area contributed by atoms with Crippen molar-refractivity contribution in [1.82, 2.24) is 10.6 Å². The lowest BCUT2D eigenvalue weighted by Crippen LogP contribution is -2.26. The molecule has 2 aromatic rings. The second kappa shape index (κ2) is 18.5. The van der Waals surface area contributed by atoms with Crippen molar-refractivity contribution in [2.45, 2.75) is 72.0 Å². The van der Waals surface area contributed by atoms with Gasteiger partial charge in [0.05, 0.1) is 17.8 Å². The first-order valence-electron chi connectivity index (χ1n) is 14.1. The van der Waals surface area contributed by atoms with Gasteiger partial charge in [-0.1, -0.05) is 58.7 Å². The molecular formula is C31H43F5N3O4P. The average Bonchev–Trinajstić information content (AvgIpc) is 2.97. The SMILES string of the molecule is C=C(NCc1ccc(C(=O)NCCC(=O)O)cc1)Nc1cc(P(F)F)cc(C(F)(F)F)c1.CC(C)(C)C1CCCCC1.CO. The Balaban J connectivity index is 0.000000675. The van der Waals surface area contributed by atoms with Crippen LogP contribution in [0.3, 0.4) is 0 Å². The van der Waals surface area contributed by atoms with E-state index in [1.807, 2.05) is 0 Å². The van der Waals surface area contributed by atoms with Gasteiger partial charge < -0.3 is 26.2 Å². The normalized spacial score (nSPS) is 13.5. The Morgan fingerprint density at radius 1 is 0.955 bits per heavy atom. The first-order valence-corrected chi connectivity index (χ1v) is 15.3. The lowest BCUT2D eigenvalue weighted by molar-refractivity contribution is -0.138. The number of aliphatic carboxylic acids is 1. The minimum Gasteiger partial charge on any atom is -0.481 e. The summed E-state index contributed by atoms with van der Waals surface area (Å²) in [6, 6.07) is 8.35. The number of halogens is 5. The van der Waals surface area contributed by atoms with E-state index in [0.717, 1.165) is 19.1 Å². The number of alkyl halides is 3. The van der Waals surface area contributed by atoms with Crippen molar-refractivity contribution >= 4 is 31.4 Å². The van der Waals surface area contributed by atoms with Crippen LogP contribution in [0.5, 0.6) is 0 Å². The zero-order chi connectivity index (χ0) is 33.5. The van der Waals surface area contributed by atoms with E-state index in [-0.39, 0.29) is 31.0 Å². The largest absolute Gasteiger partial charge is 0.481 e. The van der Waals surface area contributed by atoms with Crippen molar-refractivity contribution in [1.29, 1.82) is 0 Å². The summed E-state index contributed by atoms with van der Waals surface area (Å²) in [5.41, 5.74) is 0.228. The number of aliphatic hydroxyl groups is 1. The highest BCUT2D eigenvalue weighted by molar-refractivity contribution is 7.55. The number of carboxylic acids is 1. The van der Waals surface area contributed by atoms with Crippen LogP contribution >= 0.6 is 8.54 Å². The highest BCUT2D eigenvalue weighted by Gasteiger charge is 2.32. The van der Waals surface area contributed by atoms with Crippen molar-refractivity contribution in [2.75, 3.05) is 19.0 Å². The summed E-state index contributed by atoms with van der Waals surface area (Å²) in [5.74, 6) is -0.371. The molecule has 246 valence electrons. The Hall–Kier alpha value is -3.24. The molecule has 1 aliphatic rings. The lowest BCUT2D eigenvalue weighted by Gasteiger charge is -2.33. The van der Waals surface area contributed by atoms with Crippen LogP contribution in [0.2, 0.25) is 0 Å². The molecule has 3 rings (SSSR count). The van der Waals surface area contributed by atoms with Gasteiger partial charge in [-0.3, -0.25) is 9.59 Å². The molecule has 5 N–H and O–H groups in total. The van der Waals surface area contributed by atoms with Gasteiger partial charge >= 0.3 is 12.1 Å². The van der Waals surface area contributed by atoms with E-state index in [4.69, 9.17) is 10.2 Å². The highest BCUT2D eigenvalue weighted by Crippen LogP contribution is 2.40. The Bertz CT molecular complexity index is 1200. The summed E-state index contributed by atoms with van der Waals surface area (Å²) >= 11 is 0. The van der Waals surface area contributed by atoms with E-state index >= 15 is 0 Å². The zero-order valence-electron chi connectivity index (χ0n) is 25.5. The first-order chi connectivity index (χ1) is 20.6. The third kappa shape index (κ3) is 14.5. The van der Waals surface area contributed by atoms with Gasteiger partial charge in [-0.05, 0) is 60.1 Å². The van der Waals surface area contributed by atoms with Crippen LogP contribution in [0.15, 0.2) is 54.9 Å². The maximum absolute atomic E-state index is 13.0. The zero-order valence-corrected chi connectivity index (χ0v) is 26.4. The summed E-state index contributed by atoms with van der Waals surface area (Å²) in [7, 11) is -2.71. The number of hydrogen-bond donors (Lipinski definition) is 5. The minimum atomic E-state index is -4.77. The Morgan fingerprint density at radius 2 is 1.55 bits per heavy atom. The Labute approximate surface area is 257 Å². The molecule has 0 bridgehead atoms. The fourth-order valence-electron chi connectivity index (χ4n) is 4.50. The van der Waals surface area contributed by atoms with Crippen molar-refractivity contribution in [3.05, 3.63) is 71.6 Å². The predicted octanol–water partition coefficient (Wildman–Crippen LogP) is 7.68. The molecule has 44 heavy (non-hydrogen) atoms. The van der Waals surface area contributed by atoms with Crippen molar-refractivity contribution in [3.63, 3.8) is 0 Å². The third-order valence-corrected chi connectivity index (χ3v) is 7.56. The number of nitrogens with one attached hydrogen (secondary N) is 3. The number of rotatable bonds is 10. The van der Waals surface area contributed by atoms with Crippen LogP contribution in [-0.4, -0.2) is 35.7 Å². The van der Waals surface area contributed by atoms with Crippen LogP contribution in [0.25, 0.3) is 0 Å². The van der Waals surface area contributed by atoms with Gasteiger partial charge in [0, 0.05) is 36.8 Å². The molecule has 7 nitrogen and oxygen atoms in total.